The maximum absolute atomic E-state index is 13.0. The van der Waals surface area contributed by atoms with Crippen LogP contribution in [0, 0.1) is 10.1 Å². The van der Waals surface area contributed by atoms with Gasteiger partial charge in [-0.2, -0.15) is 8.42 Å². The first kappa shape index (κ1) is 26.3. The zero-order valence-corrected chi connectivity index (χ0v) is 22.2. The van der Waals surface area contributed by atoms with Crippen molar-refractivity contribution < 1.29 is 31.9 Å². The predicted octanol–water partition coefficient (Wildman–Crippen LogP) is 5.77. The van der Waals surface area contributed by atoms with Gasteiger partial charge in [0.05, 0.1) is 20.7 Å². The molecule has 0 saturated heterocycles. The largest absolute Gasteiger partial charge is 0.462 e. The number of ether oxygens (including phenoxy) is 1. The number of amides is 1. The Hall–Kier alpha value is -3.81. The number of non-ortho nitro benzene ring substituents is 1. The standard InChI is InChI=1S/C24H17BrN2O8S2/c1-2-34-24(29)19-17-12-13-18(25)20(35-37(32,33)16-10-8-15(9-11-16)27(30)31)21(17)36-23(19)26-22(28)14-6-4-3-5-7-14/h3-13H,2H2,1H3,(H,26,28). The molecule has 0 aliphatic heterocycles. The number of thiophene rings is 1. The molecule has 4 aromatic rings. The van der Waals surface area contributed by atoms with E-state index < -0.39 is 26.9 Å². The van der Waals surface area contributed by atoms with Gasteiger partial charge in [-0.05, 0) is 53.2 Å². The summed E-state index contributed by atoms with van der Waals surface area (Å²) in [5, 5.41) is 14.1. The van der Waals surface area contributed by atoms with E-state index in [0.717, 1.165) is 35.6 Å². The van der Waals surface area contributed by atoms with Crippen LogP contribution >= 0.6 is 27.3 Å². The molecule has 37 heavy (non-hydrogen) atoms. The molecule has 0 atom stereocenters. The van der Waals surface area contributed by atoms with E-state index in [-0.39, 0.29) is 42.7 Å². The average molecular weight is 605 g/mol. The summed E-state index contributed by atoms with van der Waals surface area (Å²) in [5.74, 6) is -1.30. The highest BCUT2D eigenvalue weighted by molar-refractivity contribution is 9.10. The number of carbonyl (C=O) groups excluding carboxylic acids is 2. The lowest BCUT2D eigenvalue weighted by molar-refractivity contribution is -0.384. The van der Waals surface area contributed by atoms with E-state index in [2.05, 4.69) is 21.2 Å². The Bertz CT molecular complexity index is 1620. The summed E-state index contributed by atoms with van der Waals surface area (Å²) in [6.07, 6.45) is 0. The zero-order valence-electron chi connectivity index (χ0n) is 19.0. The van der Waals surface area contributed by atoms with Crippen molar-refractivity contribution in [1.29, 1.82) is 0 Å². The molecule has 0 radical (unpaired) electrons. The van der Waals surface area contributed by atoms with Gasteiger partial charge in [0.2, 0.25) is 0 Å². The Morgan fingerprint density at radius 1 is 1.05 bits per heavy atom. The van der Waals surface area contributed by atoms with Crippen LogP contribution in [0.1, 0.15) is 27.6 Å². The van der Waals surface area contributed by atoms with Crippen LogP contribution in [0.5, 0.6) is 5.75 Å². The van der Waals surface area contributed by atoms with Gasteiger partial charge < -0.3 is 14.2 Å². The molecule has 1 amide bonds. The van der Waals surface area contributed by atoms with Crippen LogP contribution in [0.15, 0.2) is 76.1 Å². The molecule has 0 bridgehead atoms. The molecular formula is C24H17BrN2O8S2. The van der Waals surface area contributed by atoms with Crippen LogP contribution in [0.4, 0.5) is 10.7 Å². The maximum Gasteiger partial charge on any atom is 0.341 e. The van der Waals surface area contributed by atoms with Crippen LogP contribution < -0.4 is 9.50 Å². The number of nitro groups is 1. The Morgan fingerprint density at radius 2 is 1.73 bits per heavy atom. The second-order valence-electron chi connectivity index (χ2n) is 7.39. The number of esters is 1. The zero-order chi connectivity index (χ0) is 26.7. The molecule has 0 aliphatic rings. The van der Waals surface area contributed by atoms with E-state index in [1.165, 1.54) is 6.07 Å². The van der Waals surface area contributed by atoms with Crippen LogP contribution in [0.25, 0.3) is 10.1 Å². The minimum atomic E-state index is -4.42. The van der Waals surface area contributed by atoms with Gasteiger partial charge in [0, 0.05) is 23.1 Å². The minimum Gasteiger partial charge on any atom is -0.462 e. The maximum atomic E-state index is 13.0. The topological polar surface area (TPSA) is 142 Å². The minimum absolute atomic E-state index is 0.0521. The first-order chi connectivity index (χ1) is 17.6. The molecule has 10 nitrogen and oxygen atoms in total. The fourth-order valence-electron chi connectivity index (χ4n) is 3.34. The van der Waals surface area contributed by atoms with Gasteiger partial charge in [-0.15, -0.1) is 11.3 Å². The highest BCUT2D eigenvalue weighted by Crippen LogP contribution is 2.45. The number of hydrogen-bond acceptors (Lipinski definition) is 9. The number of nitrogens with zero attached hydrogens (tertiary/aromatic N) is 1. The lowest BCUT2D eigenvalue weighted by Crippen LogP contribution is -2.14. The van der Waals surface area contributed by atoms with Gasteiger partial charge in [-0.25, -0.2) is 4.79 Å². The third-order valence-corrected chi connectivity index (χ3v) is 8.02. The van der Waals surface area contributed by atoms with Crippen molar-refractivity contribution in [1.82, 2.24) is 0 Å². The smallest absolute Gasteiger partial charge is 0.341 e. The van der Waals surface area contributed by atoms with Crippen molar-refractivity contribution in [2.24, 2.45) is 0 Å². The third-order valence-electron chi connectivity index (χ3n) is 5.04. The third kappa shape index (κ3) is 5.48. The summed E-state index contributed by atoms with van der Waals surface area (Å²) in [7, 11) is -4.42. The number of anilines is 1. The number of nitrogens with one attached hydrogen (secondary N) is 1. The monoisotopic (exact) mass is 604 g/mol. The summed E-state index contributed by atoms with van der Waals surface area (Å²) in [6, 6.07) is 15.6. The summed E-state index contributed by atoms with van der Waals surface area (Å²) < 4.78 is 37.1. The molecular weight excluding hydrogens is 588 g/mol. The number of benzene rings is 3. The highest BCUT2D eigenvalue weighted by atomic mass is 79.9. The van der Waals surface area contributed by atoms with Gasteiger partial charge in [0.1, 0.15) is 15.5 Å². The normalized spacial score (nSPS) is 11.2. The lowest BCUT2D eigenvalue weighted by atomic mass is 10.1. The Labute approximate surface area is 223 Å². The Balaban J connectivity index is 1.80. The van der Waals surface area contributed by atoms with Crippen LogP contribution in [-0.2, 0) is 14.9 Å². The van der Waals surface area contributed by atoms with Crippen molar-refractivity contribution in [3.05, 3.63) is 92.4 Å². The fourth-order valence-corrected chi connectivity index (χ4v) is 6.17. The molecule has 0 unspecified atom stereocenters. The van der Waals surface area contributed by atoms with E-state index in [1.54, 1.807) is 43.3 Å². The second-order valence-corrected chi connectivity index (χ2v) is 10.8. The van der Waals surface area contributed by atoms with E-state index >= 15 is 0 Å². The Morgan fingerprint density at radius 3 is 2.35 bits per heavy atom. The number of hydrogen-bond donors (Lipinski definition) is 1. The van der Waals surface area contributed by atoms with E-state index in [9.17, 15) is 28.1 Å². The molecule has 3 aromatic carbocycles. The molecule has 4 rings (SSSR count). The van der Waals surface area contributed by atoms with Gasteiger partial charge in [0.25, 0.3) is 11.6 Å². The van der Waals surface area contributed by atoms with Crippen molar-refractivity contribution >= 4 is 70.0 Å². The van der Waals surface area contributed by atoms with E-state index in [0.29, 0.717) is 10.9 Å². The molecule has 0 fully saturated rings. The van der Waals surface area contributed by atoms with Crippen molar-refractivity contribution in [2.75, 3.05) is 11.9 Å². The first-order valence-electron chi connectivity index (χ1n) is 10.6. The van der Waals surface area contributed by atoms with Crippen molar-refractivity contribution in [3.63, 3.8) is 0 Å². The highest BCUT2D eigenvalue weighted by Gasteiger charge is 2.28. The van der Waals surface area contributed by atoms with Gasteiger partial charge in [-0.1, -0.05) is 24.3 Å². The summed E-state index contributed by atoms with van der Waals surface area (Å²) in [6.45, 7) is 1.72. The van der Waals surface area contributed by atoms with Gasteiger partial charge in [0.15, 0.2) is 5.75 Å². The number of fused-ring (bicyclic) bond motifs is 1. The van der Waals surface area contributed by atoms with Crippen LogP contribution in [-0.4, -0.2) is 31.8 Å². The number of halogens is 1. The summed E-state index contributed by atoms with van der Waals surface area (Å²) >= 11 is 4.23. The lowest BCUT2D eigenvalue weighted by Gasteiger charge is -2.10. The van der Waals surface area contributed by atoms with E-state index in [1.807, 2.05) is 0 Å². The number of nitro benzene ring substituents is 1. The van der Waals surface area contributed by atoms with Crippen molar-refractivity contribution in [3.8, 4) is 5.75 Å². The van der Waals surface area contributed by atoms with E-state index in [4.69, 9.17) is 8.92 Å². The summed E-state index contributed by atoms with van der Waals surface area (Å²) in [4.78, 5) is 35.6. The quantitative estimate of drug-likeness (QED) is 0.116. The average Bonchev–Trinajstić information content (AvgIpc) is 3.24. The molecule has 13 heteroatoms. The van der Waals surface area contributed by atoms with Gasteiger partial charge in [-0.3, -0.25) is 14.9 Å². The fraction of sp³-hybridized carbons (Fsp3) is 0.0833. The molecule has 0 aliphatic carbocycles. The summed E-state index contributed by atoms with van der Waals surface area (Å²) in [5.41, 5.74) is 0.128. The molecule has 0 spiro atoms. The molecule has 1 N–H and O–H groups in total. The van der Waals surface area contributed by atoms with Crippen LogP contribution in [0.3, 0.4) is 0 Å². The molecule has 1 aromatic heterocycles. The number of carbonyl (C=O) groups is 2. The number of rotatable bonds is 8. The van der Waals surface area contributed by atoms with Gasteiger partial charge >= 0.3 is 16.1 Å². The second kappa shape index (κ2) is 10.7. The predicted molar refractivity (Wildman–Crippen MR) is 141 cm³/mol. The molecule has 190 valence electrons. The molecule has 0 saturated carbocycles. The SMILES string of the molecule is CCOC(=O)c1c(NC(=O)c2ccccc2)sc2c(OS(=O)(=O)c3ccc([N+](=O)[O-])cc3)c(Br)ccc12. The first-order valence-corrected chi connectivity index (χ1v) is 13.6. The van der Waals surface area contributed by atoms with Crippen molar-refractivity contribution in [2.45, 2.75) is 11.8 Å². The molecule has 1 heterocycles. The Kier molecular flexibility index (Phi) is 7.57. The van der Waals surface area contributed by atoms with Crippen LogP contribution in [0.2, 0.25) is 0 Å².